The highest BCUT2D eigenvalue weighted by Crippen LogP contribution is 2.68. The molecule has 2 N–H and O–H groups in total. The van der Waals surface area contributed by atoms with E-state index in [9.17, 15) is 19.0 Å². The molecule has 6 heteroatoms. The second kappa shape index (κ2) is 2.01. The van der Waals surface area contributed by atoms with Gasteiger partial charge < -0.3 is 14.9 Å². The predicted molar refractivity (Wildman–Crippen MR) is 45.1 cm³/mol. The van der Waals surface area contributed by atoms with Crippen LogP contribution >= 0.6 is 0 Å². The van der Waals surface area contributed by atoms with E-state index in [4.69, 9.17) is 4.74 Å². The first-order chi connectivity index (χ1) is 6.33. The Balaban J connectivity index is 2.02. The first kappa shape index (κ1) is 9.06. The summed E-state index contributed by atoms with van der Waals surface area (Å²) < 4.78 is 32.3. The number of rotatable bonds is 0. The third-order valence-corrected chi connectivity index (χ3v) is 3.89. The molecule has 1 saturated heterocycles. The molecule has 2 saturated carbocycles. The first-order valence-corrected chi connectivity index (χ1v) is 4.77. The van der Waals surface area contributed by atoms with Crippen LogP contribution in [0.2, 0.25) is 0 Å². The molecule has 3 nitrogen and oxygen atoms in total. The van der Waals surface area contributed by atoms with Crippen LogP contribution in [0.1, 0.15) is 12.8 Å². The van der Waals surface area contributed by atoms with Crippen LogP contribution in [0.5, 0.6) is 0 Å². The normalized spacial score (nSPS) is 70.4. The lowest BCUT2D eigenvalue weighted by Gasteiger charge is -2.26. The second-order valence-corrected chi connectivity index (χ2v) is 4.86. The van der Waals surface area contributed by atoms with Crippen LogP contribution in [0.3, 0.4) is 0 Å². The van der Waals surface area contributed by atoms with Gasteiger partial charge >= 0.3 is 0 Å². The number of ether oxygens (including phenoxy) is 1. The van der Waals surface area contributed by atoms with Crippen LogP contribution in [0.15, 0.2) is 0 Å². The minimum Gasteiger partial charge on any atom is -0.384 e. The SMILES string of the molecule is B[C@@H]1O[C@H]2[C@](O)(C[C@]3(F)C[C@]23O)[C@@H]1F. The molecule has 3 fully saturated rings. The highest BCUT2D eigenvalue weighted by atomic mass is 19.1. The number of halogens is 2. The Bertz CT molecular complexity index is 317. The van der Waals surface area contributed by atoms with Crippen molar-refractivity contribution in [1.29, 1.82) is 0 Å². The zero-order chi connectivity index (χ0) is 10.4. The monoisotopic (exact) mass is 204 g/mol. The Kier molecular flexibility index (Phi) is 1.30. The smallest absolute Gasteiger partial charge is 0.150 e. The Hall–Kier alpha value is -0.195. The number of fused-ring (bicyclic) bond motifs is 3. The second-order valence-electron chi connectivity index (χ2n) is 4.86. The number of hydrogen-bond acceptors (Lipinski definition) is 3. The molecule has 3 rings (SSSR count). The van der Waals surface area contributed by atoms with Crippen molar-refractivity contribution in [2.45, 2.75) is 48.0 Å². The molecule has 78 valence electrons. The summed E-state index contributed by atoms with van der Waals surface area (Å²) in [6.07, 6.45) is -3.12. The van der Waals surface area contributed by atoms with Gasteiger partial charge in [-0.2, -0.15) is 0 Å². The standard InChI is InChI=1S/C8H11BF2O3/c9-4-3(10)7(12)1-6(11)2-8(6,13)5(7)14-4/h3-5,12-13H,1-2,9H2/t3-,4-,5+,6+,7+,8+/m1/s1. The van der Waals surface area contributed by atoms with E-state index in [-0.39, 0.29) is 12.8 Å². The van der Waals surface area contributed by atoms with Crippen molar-refractivity contribution >= 4 is 7.85 Å². The summed E-state index contributed by atoms with van der Waals surface area (Å²) in [6, 6.07) is -0.779. The fourth-order valence-electron chi connectivity index (χ4n) is 3.04. The van der Waals surface area contributed by atoms with Gasteiger partial charge in [-0.1, -0.05) is 0 Å². The van der Waals surface area contributed by atoms with Crippen LogP contribution in [-0.4, -0.2) is 53.2 Å². The number of aliphatic hydroxyl groups is 2. The summed E-state index contributed by atoms with van der Waals surface area (Å²) in [4.78, 5) is 0. The summed E-state index contributed by atoms with van der Waals surface area (Å²) in [5.74, 6) is 0. The van der Waals surface area contributed by atoms with Gasteiger partial charge in [-0.3, -0.25) is 0 Å². The van der Waals surface area contributed by atoms with E-state index in [1.165, 1.54) is 7.85 Å². The number of hydrogen-bond donors (Lipinski definition) is 2. The van der Waals surface area contributed by atoms with Gasteiger partial charge in [-0.05, 0) is 0 Å². The van der Waals surface area contributed by atoms with E-state index >= 15 is 0 Å². The maximum Gasteiger partial charge on any atom is 0.150 e. The maximum atomic E-state index is 13.7. The fourth-order valence-corrected chi connectivity index (χ4v) is 3.04. The molecule has 0 amide bonds. The maximum absolute atomic E-state index is 13.7. The minimum atomic E-state index is -1.84. The molecule has 3 aliphatic rings. The van der Waals surface area contributed by atoms with Gasteiger partial charge in [-0.15, -0.1) is 0 Å². The lowest BCUT2D eigenvalue weighted by molar-refractivity contribution is -0.0950. The molecule has 6 atom stereocenters. The third kappa shape index (κ3) is 0.687. The summed E-state index contributed by atoms with van der Waals surface area (Å²) in [5.41, 5.74) is -5.32. The molecule has 0 spiro atoms. The van der Waals surface area contributed by atoms with Crippen LogP contribution in [0, 0.1) is 0 Å². The quantitative estimate of drug-likeness (QED) is 0.480. The van der Waals surface area contributed by atoms with Crippen molar-refractivity contribution in [3.05, 3.63) is 0 Å². The van der Waals surface area contributed by atoms with E-state index < -0.39 is 35.1 Å². The van der Waals surface area contributed by atoms with E-state index in [0.29, 0.717) is 0 Å². The summed E-state index contributed by atoms with van der Waals surface area (Å²) in [6.45, 7) is 0. The molecule has 0 aromatic rings. The molecular weight excluding hydrogens is 193 g/mol. The highest BCUT2D eigenvalue weighted by Gasteiger charge is 2.86. The Morgan fingerprint density at radius 3 is 2.57 bits per heavy atom. The Morgan fingerprint density at radius 2 is 2.00 bits per heavy atom. The molecule has 0 radical (unpaired) electrons. The zero-order valence-electron chi connectivity index (χ0n) is 7.70. The lowest BCUT2D eigenvalue weighted by atomic mass is 9.84. The summed E-state index contributed by atoms with van der Waals surface area (Å²) >= 11 is 0. The van der Waals surface area contributed by atoms with Crippen molar-refractivity contribution in [3.63, 3.8) is 0 Å². The van der Waals surface area contributed by atoms with Gasteiger partial charge in [0.1, 0.15) is 37.0 Å². The van der Waals surface area contributed by atoms with Crippen molar-refractivity contribution in [3.8, 4) is 0 Å². The molecule has 0 bridgehead atoms. The molecule has 1 heterocycles. The summed E-state index contributed by atoms with van der Waals surface area (Å²) in [7, 11) is 1.48. The third-order valence-electron chi connectivity index (χ3n) is 3.89. The molecule has 2 aliphatic carbocycles. The van der Waals surface area contributed by atoms with Crippen LogP contribution in [0.25, 0.3) is 0 Å². The summed E-state index contributed by atoms with van der Waals surface area (Å²) in [5, 5.41) is 19.7. The fraction of sp³-hybridized carbons (Fsp3) is 1.00. The predicted octanol–water partition coefficient (Wildman–Crippen LogP) is -1.34. The average Bonchev–Trinajstić information content (AvgIpc) is 2.46. The van der Waals surface area contributed by atoms with Gasteiger partial charge in [-0.25, -0.2) is 8.78 Å². The van der Waals surface area contributed by atoms with Crippen LogP contribution in [-0.2, 0) is 4.74 Å². The molecule has 0 aromatic carbocycles. The van der Waals surface area contributed by atoms with Crippen molar-refractivity contribution < 1.29 is 23.7 Å². The molecule has 1 aliphatic heterocycles. The molecule has 0 aromatic heterocycles. The van der Waals surface area contributed by atoms with Crippen molar-refractivity contribution in [2.75, 3.05) is 0 Å². The van der Waals surface area contributed by atoms with Crippen LogP contribution in [0.4, 0.5) is 8.78 Å². The molecular formula is C8H11BF2O3. The minimum absolute atomic E-state index is 0.0492. The van der Waals surface area contributed by atoms with Gasteiger partial charge in [0.05, 0.1) is 6.00 Å². The van der Waals surface area contributed by atoms with E-state index in [2.05, 4.69) is 0 Å². The Morgan fingerprint density at radius 1 is 1.36 bits per heavy atom. The van der Waals surface area contributed by atoms with E-state index in [0.717, 1.165) is 0 Å². The lowest BCUT2D eigenvalue weighted by Crippen LogP contribution is -2.47. The first-order valence-electron chi connectivity index (χ1n) is 4.77. The van der Waals surface area contributed by atoms with Gasteiger partial charge in [0, 0.05) is 12.8 Å². The topological polar surface area (TPSA) is 49.7 Å². The molecule has 0 unspecified atom stereocenters. The van der Waals surface area contributed by atoms with Crippen molar-refractivity contribution in [1.82, 2.24) is 0 Å². The Labute approximate surface area is 80.5 Å². The van der Waals surface area contributed by atoms with Crippen molar-refractivity contribution in [2.24, 2.45) is 0 Å². The van der Waals surface area contributed by atoms with E-state index in [1.807, 2.05) is 0 Å². The largest absolute Gasteiger partial charge is 0.384 e. The van der Waals surface area contributed by atoms with E-state index in [1.54, 1.807) is 0 Å². The van der Waals surface area contributed by atoms with Gasteiger partial charge in [0.2, 0.25) is 0 Å². The van der Waals surface area contributed by atoms with Gasteiger partial charge in [0.15, 0.2) is 0 Å². The highest BCUT2D eigenvalue weighted by molar-refractivity contribution is 6.11. The zero-order valence-corrected chi connectivity index (χ0v) is 7.70. The number of alkyl halides is 2. The average molecular weight is 204 g/mol. The van der Waals surface area contributed by atoms with Crippen LogP contribution < -0.4 is 0 Å². The molecule has 14 heavy (non-hydrogen) atoms. The van der Waals surface area contributed by atoms with Gasteiger partial charge in [0.25, 0.3) is 0 Å².